The van der Waals surface area contributed by atoms with Crippen LogP contribution < -0.4 is 5.32 Å². The van der Waals surface area contributed by atoms with Gasteiger partial charge in [0.15, 0.2) is 0 Å². The number of fused-ring (bicyclic) bond motifs is 2. The molecular formula is C19H32NO2+. The third-order valence-corrected chi connectivity index (χ3v) is 6.26. The number of carbonyl (C=O) groups excluding carboxylic acids is 1. The van der Waals surface area contributed by atoms with E-state index in [9.17, 15) is 4.79 Å². The Bertz CT molecular complexity index is 458. The Balaban J connectivity index is 1.74. The normalized spacial score (nSPS) is 40.7. The van der Waals surface area contributed by atoms with Gasteiger partial charge in [0.1, 0.15) is 12.0 Å². The van der Waals surface area contributed by atoms with Crippen molar-refractivity contribution in [1.29, 1.82) is 0 Å². The van der Waals surface area contributed by atoms with Gasteiger partial charge in [-0.1, -0.05) is 45.3 Å². The lowest BCUT2D eigenvalue weighted by molar-refractivity contribution is -0.659. The van der Waals surface area contributed by atoms with Gasteiger partial charge in [0, 0.05) is 5.92 Å². The van der Waals surface area contributed by atoms with Gasteiger partial charge in [0.2, 0.25) is 0 Å². The molecule has 22 heavy (non-hydrogen) atoms. The highest BCUT2D eigenvalue weighted by Crippen LogP contribution is 2.53. The molecule has 0 amide bonds. The van der Waals surface area contributed by atoms with Gasteiger partial charge in [0.25, 0.3) is 0 Å². The molecule has 124 valence electrons. The largest absolute Gasteiger partial charge is 0.461 e. The van der Waals surface area contributed by atoms with Crippen molar-refractivity contribution in [3.8, 4) is 0 Å². The third kappa shape index (κ3) is 2.84. The Kier molecular flexibility index (Phi) is 4.63. The van der Waals surface area contributed by atoms with Crippen molar-refractivity contribution in [2.24, 2.45) is 23.2 Å². The van der Waals surface area contributed by atoms with Crippen molar-refractivity contribution in [2.75, 3.05) is 13.1 Å². The molecule has 3 nitrogen and oxygen atoms in total. The Labute approximate surface area is 134 Å². The van der Waals surface area contributed by atoms with E-state index in [-0.39, 0.29) is 23.4 Å². The summed E-state index contributed by atoms with van der Waals surface area (Å²) < 4.78 is 5.78. The van der Waals surface area contributed by atoms with Crippen LogP contribution in [0.15, 0.2) is 11.6 Å². The van der Waals surface area contributed by atoms with Gasteiger partial charge in [-0.2, -0.15) is 0 Å². The molecule has 3 rings (SSSR count). The smallest absolute Gasteiger partial charge is 0.315 e. The van der Waals surface area contributed by atoms with E-state index in [2.05, 4.69) is 32.2 Å². The summed E-state index contributed by atoms with van der Waals surface area (Å²) in [6.45, 7) is 8.99. The van der Waals surface area contributed by atoms with E-state index in [1.165, 1.54) is 32.1 Å². The van der Waals surface area contributed by atoms with Gasteiger partial charge in [-0.3, -0.25) is 4.79 Å². The molecule has 1 heterocycles. The first-order chi connectivity index (χ1) is 10.5. The second kappa shape index (κ2) is 6.35. The number of hydrogen-bond acceptors (Lipinski definition) is 2. The van der Waals surface area contributed by atoms with E-state index in [4.69, 9.17) is 4.74 Å². The van der Waals surface area contributed by atoms with Gasteiger partial charge >= 0.3 is 5.97 Å². The van der Waals surface area contributed by atoms with E-state index in [1.807, 2.05) is 0 Å². The summed E-state index contributed by atoms with van der Waals surface area (Å²) in [5.41, 5.74) is 1.90. The van der Waals surface area contributed by atoms with Crippen LogP contribution in [0.25, 0.3) is 0 Å². The van der Waals surface area contributed by atoms with E-state index >= 15 is 0 Å². The predicted octanol–water partition coefficient (Wildman–Crippen LogP) is 2.66. The second-order valence-corrected chi connectivity index (χ2v) is 8.01. The van der Waals surface area contributed by atoms with Crippen molar-refractivity contribution < 1.29 is 14.8 Å². The first kappa shape index (κ1) is 16.0. The summed E-state index contributed by atoms with van der Waals surface area (Å²) in [6.07, 6.45) is 9.97. The van der Waals surface area contributed by atoms with E-state index < -0.39 is 0 Å². The van der Waals surface area contributed by atoms with Gasteiger partial charge in [-0.05, 0) is 37.0 Å². The molecule has 0 aromatic rings. The van der Waals surface area contributed by atoms with Crippen molar-refractivity contribution in [2.45, 2.75) is 65.4 Å². The summed E-state index contributed by atoms with van der Waals surface area (Å²) in [4.78, 5) is 12.3. The zero-order valence-corrected chi connectivity index (χ0v) is 14.4. The van der Waals surface area contributed by atoms with Crippen LogP contribution in [0.3, 0.4) is 0 Å². The zero-order valence-electron chi connectivity index (χ0n) is 14.4. The molecule has 3 aliphatic rings. The number of carbonyl (C=O) groups is 1. The highest BCUT2D eigenvalue weighted by molar-refractivity contribution is 5.76. The number of quaternary nitrogens is 1. The monoisotopic (exact) mass is 306 g/mol. The number of esters is 1. The van der Waals surface area contributed by atoms with E-state index in [1.54, 1.807) is 5.57 Å². The fourth-order valence-electron chi connectivity index (χ4n) is 4.96. The maximum absolute atomic E-state index is 12.3. The number of allylic oxidation sites excluding steroid dienone is 1. The topological polar surface area (TPSA) is 42.9 Å². The van der Waals surface area contributed by atoms with Crippen LogP contribution in [0.4, 0.5) is 0 Å². The minimum atomic E-state index is 0.0505. The van der Waals surface area contributed by atoms with Gasteiger partial charge < -0.3 is 10.1 Å². The lowest BCUT2D eigenvalue weighted by Gasteiger charge is -2.45. The van der Waals surface area contributed by atoms with Crippen LogP contribution in [-0.2, 0) is 9.53 Å². The molecule has 3 heteroatoms. The molecule has 0 bridgehead atoms. The number of ether oxygens (including phenoxy) is 1. The van der Waals surface area contributed by atoms with Gasteiger partial charge in [0.05, 0.1) is 13.1 Å². The Morgan fingerprint density at radius 1 is 1.45 bits per heavy atom. The Hall–Kier alpha value is -0.830. The maximum atomic E-state index is 12.3. The molecule has 5 atom stereocenters. The lowest BCUT2D eigenvalue weighted by atomic mass is 9.59. The molecule has 0 aromatic carbocycles. The van der Waals surface area contributed by atoms with Crippen molar-refractivity contribution in [1.82, 2.24) is 0 Å². The van der Waals surface area contributed by atoms with Gasteiger partial charge in [-0.15, -0.1) is 0 Å². The third-order valence-electron chi connectivity index (χ3n) is 6.26. The summed E-state index contributed by atoms with van der Waals surface area (Å²) in [5.74, 6) is 1.14. The van der Waals surface area contributed by atoms with Gasteiger partial charge in [-0.25, -0.2) is 0 Å². The Morgan fingerprint density at radius 2 is 2.27 bits per heavy atom. The molecule has 0 unspecified atom stereocenters. The fraction of sp³-hybridized carbons (Fsp3) is 0.842. The summed E-state index contributed by atoms with van der Waals surface area (Å²) in [6, 6.07) is 0. The molecule has 0 aromatic heterocycles. The average molecular weight is 306 g/mol. The summed E-state index contributed by atoms with van der Waals surface area (Å²) in [7, 11) is 0. The highest BCUT2D eigenvalue weighted by Gasteiger charge is 2.52. The first-order valence-corrected chi connectivity index (χ1v) is 9.29. The molecule has 2 aliphatic carbocycles. The van der Waals surface area contributed by atoms with Crippen LogP contribution in [0, 0.1) is 23.2 Å². The molecule has 1 saturated carbocycles. The molecule has 0 radical (unpaired) electrons. The highest BCUT2D eigenvalue weighted by atomic mass is 16.6. The molecule has 2 N–H and O–H groups in total. The summed E-state index contributed by atoms with van der Waals surface area (Å²) in [5, 5.41) is 2.31. The molecule has 1 aliphatic heterocycles. The van der Waals surface area contributed by atoms with Crippen LogP contribution >= 0.6 is 0 Å². The molecular weight excluding hydrogens is 274 g/mol. The predicted molar refractivity (Wildman–Crippen MR) is 87.2 cm³/mol. The number of hydrogen-bond donors (Lipinski definition) is 1. The Morgan fingerprint density at radius 3 is 3.05 bits per heavy atom. The van der Waals surface area contributed by atoms with E-state index in [0.29, 0.717) is 11.8 Å². The van der Waals surface area contributed by atoms with Crippen LogP contribution in [0.1, 0.15) is 59.3 Å². The fourth-order valence-corrected chi connectivity index (χ4v) is 4.96. The SMILES string of the molecule is CCCC[NH2+]C[C@H]1C(=O)O[C@@H]2C[C@@]3(C)CCC[C@H](C)C3=C[C@@H]21. The average Bonchev–Trinajstić information content (AvgIpc) is 2.76. The first-order valence-electron chi connectivity index (χ1n) is 9.29. The standard InChI is InChI=1S/C19H31NO2/c1-4-5-9-20-12-15-14-10-16-13(2)7-6-8-19(16,3)11-17(14)22-18(15)21/h10,13-15,17,20H,4-9,11-12H2,1-3H3/p+1/t13-,14+,15+,17+,19+/m0/s1. The van der Waals surface area contributed by atoms with Crippen LogP contribution in [-0.4, -0.2) is 25.2 Å². The number of nitrogens with two attached hydrogens (primary N) is 1. The van der Waals surface area contributed by atoms with Crippen molar-refractivity contribution in [3.05, 3.63) is 11.6 Å². The number of unbranched alkanes of at least 4 members (excludes halogenated alkanes) is 1. The number of rotatable bonds is 5. The minimum Gasteiger partial charge on any atom is -0.461 e. The van der Waals surface area contributed by atoms with Crippen LogP contribution in [0.2, 0.25) is 0 Å². The zero-order chi connectivity index (χ0) is 15.7. The van der Waals surface area contributed by atoms with Crippen molar-refractivity contribution in [3.63, 3.8) is 0 Å². The quantitative estimate of drug-likeness (QED) is 0.482. The minimum absolute atomic E-state index is 0.0505. The summed E-state index contributed by atoms with van der Waals surface area (Å²) >= 11 is 0. The van der Waals surface area contributed by atoms with E-state index in [0.717, 1.165) is 19.5 Å². The van der Waals surface area contributed by atoms with Crippen molar-refractivity contribution >= 4 is 5.97 Å². The van der Waals surface area contributed by atoms with Crippen LogP contribution in [0.5, 0.6) is 0 Å². The second-order valence-electron chi connectivity index (χ2n) is 8.01. The maximum Gasteiger partial charge on any atom is 0.315 e. The molecule has 2 fully saturated rings. The molecule has 0 spiro atoms. The lowest BCUT2D eigenvalue weighted by Crippen LogP contribution is -2.86. The molecule has 1 saturated heterocycles.